The number of carbonyl (C=O) groups is 1. The molecule has 0 bridgehead atoms. The van der Waals surface area contributed by atoms with E-state index in [-0.39, 0.29) is 5.91 Å². The molecule has 1 aromatic carbocycles. The van der Waals surface area contributed by atoms with Gasteiger partial charge in [-0.2, -0.15) is 10.5 Å². The van der Waals surface area contributed by atoms with E-state index in [0.29, 0.717) is 22.5 Å². The van der Waals surface area contributed by atoms with Crippen LogP contribution in [0.15, 0.2) is 42.6 Å². The van der Waals surface area contributed by atoms with E-state index in [1.54, 1.807) is 30.3 Å². The number of nitrogens with zero attached hydrogens (tertiary/aromatic N) is 3. The summed E-state index contributed by atoms with van der Waals surface area (Å²) in [6, 6.07) is 13.4. The Morgan fingerprint density at radius 3 is 2.53 bits per heavy atom. The zero-order chi connectivity index (χ0) is 13.7. The van der Waals surface area contributed by atoms with Crippen molar-refractivity contribution in [2.75, 3.05) is 5.32 Å². The van der Waals surface area contributed by atoms with Crippen molar-refractivity contribution in [2.24, 2.45) is 0 Å². The summed E-state index contributed by atoms with van der Waals surface area (Å²) in [6.07, 6.45) is 1.38. The molecule has 1 amide bonds. The fourth-order valence-corrected chi connectivity index (χ4v) is 1.45. The van der Waals surface area contributed by atoms with Gasteiger partial charge >= 0.3 is 0 Å². The molecule has 5 nitrogen and oxygen atoms in total. The number of carbonyl (C=O) groups excluding carboxylic acids is 1. The molecular weight excluding hydrogens is 240 g/mol. The van der Waals surface area contributed by atoms with E-state index in [9.17, 15) is 4.79 Å². The zero-order valence-corrected chi connectivity index (χ0v) is 9.79. The molecule has 0 radical (unpaired) electrons. The molecule has 1 N–H and O–H groups in total. The van der Waals surface area contributed by atoms with Gasteiger partial charge in [-0.3, -0.25) is 4.79 Å². The average molecular weight is 248 g/mol. The number of nitrogens with one attached hydrogen (secondary N) is 1. The van der Waals surface area contributed by atoms with Crippen molar-refractivity contribution in [3.05, 3.63) is 59.3 Å². The molecule has 0 saturated carbocycles. The molecule has 0 aliphatic carbocycles. The predicted molar refractivity (Wildman–Crippen MR) is 68.1 cm³/mol. The van der Waals surface area contributed by atoms with Crippen LogP contribution in [-0.2, 0) is 0 Å². The fraction of sp³-hybridized carbons (Fsp3) is 0. The molecule has 0 spiro atoms. The van der Waals surface area contributed by atoms with Gasteiger partial charge in [0.1, 0.15) is 11.9 Å². The Balaban J connectivity index is 2.16. The van der Waals surface area contributed by atoms with E-state index in [1.165, 1.54) is 12.3 Å². The molecule has 2 rings (SSSR count). The Morgan fingerprint density at radius 2 is 1.89 bits per heavy atom. The first-order chi connectivity index (χ1) is 9.22. The molecule has 0 atom stereocenters. The molecule has 0 aliphatic heterocycles. The Labute approximate surface area is 109 Å². The highest BCUT2D eigenvalue weighted by Crippen LogP contribution is 2.09. The maximum atomic E-state index is 11.9. The van der Waals surface area contributed by atoms with E-state index >= 15 is 0 Å². The maximum absolute atomic E-state index is 11.9. The van der Waals surface area contributed by atoms with Crippen LogP contribution in [0.5, 0.6) is 0 Å². The lowest BCUT2D eigenvalue weighted by Crippen LogP contribution is -2.12. The third-order valence-corrected chi connectivity index (χ3v) is 2.39. The van der Waals surface area contributed by atoms with Crippen LogP contribution in [0.4, 0.5) is 5.82 Å². The van der Waals surface area contributed by atoms with Crippen LogP contribution >= 0.6 is 0 Å². The molecule has 0 saturated heterocycles. The molecule has 0 unspecified atom stereocenters. The Morgan fingerprint density at radius 1 is 1.11 bits per heavy atom. The van der Waals surface area contributed by atoms with Crippen LogP contribution < -0.4 is 5.32 Å². The largest absolute Gasteiger partial charge is 0.307 e. The molecule has 0 fully saturated rings. The molecule has 5 heteroatoms. The first-order valence-electron chi connectivity index (χ1n) is 5.40. The molecule has 1 heterocycles. The summed E-state index contributed by atoms with van der Waals surface area (Å²) in [5.74, 6) is 0.000619. The lowest BCUT2D eigenvalue weighted by atomic mass is 10.1. The number of benzene rings is 1. The summed E-state index contributed by atoms with van der Waals surface area (Å²) in [6.45, 7) is 0. The van der Waals surface area contributed by atoms with Gasteiger partial charge in [-0.05, 0) is 30.3 Å². The number of aromatic nitrogens is 1. The molecule has 19 heavy (non-hydrogen) atoms. The van der Waals surface area contributed by atoms with Crippen LogP contribution in [0.2, 0.25) is 0 Å². The van der Waals surface area contributed by atoms with Crippen LogP contribution in [0, 0.1) is 22.7 Å². The van der Waals surface area contributed by atoms with Crippen molar-refractivity contribution in [1.29, 1.82) is 10.5 Å². The van der Waals surface area contributed by atoms with Crippen molar-refractivity contribution >= 4 is 11.7 Å². The minimum Gasteiger partial charge on any atom is -0.307 e. The summed E-state index contributed by atoms with van der Waals surface area (Å²) in [7, 11) is 0. The second-order valence-electron chi connectivity index (χ2n) is 3.69. The molecule has 1 aromatic heterocycles. The minimum absolute atomic E-state index is 0.352. The van der Waals surface area contributed by atoms with Crippen LogP contribution in [0.25, 0.3) is 0 Å². The van der Waals surface area contributed by atoms with Crippen LogP contribution in [-0.4, -0.2) is 10.9 Å². The third-order valence-electron chi connectivity index (χ3n) is 2.39. The summed E-state index contributed by atoms with van der Waals surface area (Å²) >= 11 is 0. The molecule has 2 aromatic rings. The van der Waals surface area contributed by atoms with E-state index in [4.69, 9.17) is 10.5 Å². The quantitative estimate of drug-likeness (QED) is 0.880. The lowest BCUT2D eigenvalue weighted by Gasteiger charge is -2.04. The highest BCUT2D eigenvalue weighted by Gasteiger charge is 2.07. The first-order valence-corrected chi connectivity index (χ1v) is 5.40. The monoisotopic (exact) mass is 248 g/mol. The lowest BCUT2D eigenvalue weighted by molar-refractivity contribution is 0.102. The van der Waals surface area contributed by atoms with E-state index in [1.807, 2.05) is 12.1 Å². The normalized spacial score (nSPS) is 9.16. The summed E-state index contributed by atoms with van der Waals surface area (Å²) in [5.41, 5.74) is 1.22. The zero-order valence-electron chi connectivity index (χ0n) is 9.79. The maximum Gasteiger partial charge on any atom is 0.256 e. The van der Waals surface area contributed by atoms with Gasteiger partial charge in [-0.1, -0.05) is 6.07 Å². The van der Waals surface area contributed by atoms with E-state index in [0.717, 1.165) is 0 Å². The molecule has 0 aliphatic rings. The van der Waals surface area contributed by atoms with Crippen molar-refractivity contribution in [3.8, 4) is 12.1 Å². The van der Waals surface area contributed by atoms with Crippen LogP contribution in [0.1, 0.15) is 21.5 Å². The summed E-state index contributed by atoms with van der Waals surface area (Å²) in [4.78, 5) is 15.8. The second kappa shape index (κ2) is 5.44. The number of hydrogen-bond acceptors (Lipinski definition) is 4. The number of rotatable bonds is 2. The number of hydrogen-bond donors (Lipinski definition) is 1. The van der Waals surface area contributed by atoms with Gasteiger partial charge in [0.05, 0.1) is 17.2 Å². The second-order valence-corrected chi connectivity index (χ2v) is 3.69. The van der Waals surface area contributed by atoms with Gasteiger partial charge < -0.3 is 5.32 Å². The number of nitriles is 2. The van der Waals surface area contributed by atoms with Gasteiger partial charge in [0.25, 0.3) is 5.91 Å². The summed E-state index contributed by atoms with van der Waals surface area (Å²) in [5, 5.41) is 20.0. The Kier molecular flexibility index (Phi) is 3.51. The third kappa shape index (κ3) is 2.93. The van der Waals surface area contributed by atoms with Crippen molar-refractivity contribution in [2.45, 2.75) is 0 Å². The van der Waals surface area contributed by atoms with E-state index < -0.39 is 0 Å². The number of pyridine rings is 1. The summed E-state index contributed by atoms with van der Waals surface area (Å²) < 4.78 is 0. The standard InChI is InChI=1S/C14H8N4O/c15-7-10-2-1-3-12(6-10)14(19)18-13-5-4-11(8-16)9-17-13/h1-6,9H,(H,17,18,19). The fourth-order valence-electron chi connectivity index (χ4n) is 1.45. The Bertz CT molecular complexity index is 693. The van der Waals surface area contributed by atoms with Crippen molar-refractivity contribution < 1.29 is 4.79 Å². The van der Waals surface area contributed by atoms with E-state index in [2.05, 4.69) is 10.3 Å². The van der Waals surface area contributed by atoms with Crippen molar-refractivity contribution in [3.63, 3.8) is 0 Å². The number of anilines is 1. The van der Waals surface area contributed by atoms with Gasteiger partial charge in [-0.15, -0.1) is 0 Å². The number of amides is 1. The SMILES string of the molecule is N#Cc1ccc(NC(=O)c2cccc(C#N)c2)nc1. The average Bonchev–Trinajstić information content (AvgIpc) is 2.48. The predicted octanol–water partition coefficient (Wildman–Crippen LogP) is 2.08. The van der Waals surface area contributed by atoms with Gasteiger partial charge in [0, 0.05) is 11.8 Å². The first kappa shape index (κ1) is 12.3. The smallest absolute Gasteiger partial charge is 0.256 e. The minimum atomic E-state index is -0.352. The van der Waals surface area contributed by atoms with Crippen molar-refractivity contribution in [1.82, 2.24) is 4.98 Å². The topological polar surface area (TPSA) is 89.6 Å². The van der Waals surface area contributed by atoms with Gasteiger partial charge in [0.15, 0.2) is 0 Å². The highest BCUT2D eigenvalue weighted by molar-refractivity contribution is 6.03. The molecule has 90 valence electrons. The highest BCUT2D eigenvalue weighted by atomic mass is 16.1. The molecular formula is C14H8N4O. The Hall–Kier alpha value is -3.18. The van der Waals surface area contributed by atoms with Crippen LogP contribution in [0.3, 0.4) is 0 Å². The van der Waals surface area contributed by atoms with Gasteiger partial charge in [-0.25, -0.2) is 4.98 Å². The van der Waals surface area contributed by atoms with Gasteiger partial charge in [0.2, 0.25) is 0 Å².